The van der Waals surface area contributed by atoms with Gasteiger partial charge in [0.2, 0.25) is 17.6 Å². The maximum atomic E-state index is 12.5. The zero-order valence-electron chi connectivity index (χ0n) is 17.6. The molecule has 0 spiro atoms. The van der Waals surface area contributed by atoms with E-state index in [9.17, 15) is 9.59 Å². The molecule has 4 rings (SSSR count). The van der Waals surface area contributed by atoms with Crippen molar-refractivity contribution in [1.29, 1.82) is 0 Å². The Morgan fingerprint density at radius 3 is 2.65 bits per heavy atom. The van der Waals surface area contributed by atoms with Crippen molar-refractivity contribution in [3.8, 4) is 11.4 Å². The first kappa shape index (κ1) is 20.8. The van der Waals surface area contributed by atoms with E-state index in [1.165, 1.54) is 0 Å². The minimum absolute atomic E-state index is 0.0615. The lowest BCUT2D eigenvalue weighted by atomic mass is 10.1. The molecule has 0 aliphatic carbocycles. The lowest BCUT2D eigenvalue weighted by Crippen LogP contribution is -2.28. The number of hydrogen-bond donors (Lipinski definition) is 1. The Balaban J connectivity index is 1.27. The fourth-order valence-corrected chi connectivity index (χ4v) is 3.60. The van der Waals surface area contributed by atoms with Crippen molar-refractivity contribution in [1.82, 2.24) is 20.4 Å². The average molecular weight is 418 g/mol. The van der Waals surface area contributed by atoms with Crippen molar-refractivity contribution >= 4 is 11.8 Å². The molecule has 31 heavy (non-hydrogen) atoms. The largest absolute Gasteiger partial charge is 0.352 e. The Morgan fingerprint density at radius 1 is 1.10 bits per heavy atom. The van der Waals surface area contributed by atoms with Crippen molar-refractivity contribution in [3.05, 3.63) is 71.1 Å². The lowest BCUT2D eigenvalue weighted by Gasteiger charge is -2.15. The maximum absolute atomic E-state index is 12.5. The highest BCUT2D eigenvalue weighted by Crippen LogP contribution is 2.17. The van der Waals surface area contributed by atoms with Crippen LogP contribution in [0.15, 0.2) is 53.1 Å². The fraction of sp³-hybridized carbons (Fsp3) is 0.333. The number of aryl methyl sites for hydroxylation is 2. The molecule has 1 aliphatic rings. The summed E-state index contributed by atoms with van der Waals surface area (Å²) in [4.78, 5) is 31.0. The standard InChI is InChI=1S/C24H26N4O3/c1-17-7-9-19(10-8-17)23-26-22(31-27-23)12-11-21(29)25-16-18-5-4-6-20(15-18)24(30)28-13-2-3-14-28/h4-10,15H,2-3,11-14,16H2,1H3,(H,25,29). The van der Waals surface area contributed by atoms with Crippen LogP contribution >= 0.6 is 0 Å². The van der Waals surface area contributed by atoms with Gasteiger partial charge in [0.15, 0.2) is 0 Å². The first-order chi connectivity index (χ1) is 15.1. The monoisotopic (exact) mass is 418 g/mol. The summed E-state index contributed by atoms with van der Waals surface area (Å²) in [5.74, 6) is 0.914. The molecule has 3 aromatic rings. The molecule has 1 saturated heterocycles. The first-order valence-electron chi connectivity index (χ1n) is 10.6. The summed E-state index contributed by atoms with van der Waals surface area (Å²) in [6.45, 7) is 4.03. The molecule has 1 aromatic heterocycles. The topological polar surface area (TPSA) is 88.3 Å². The predicted octanol–water partition coefficient (Wildman–Crippen LogP) is 3.53. The molecule has 160 valence electrons. The van der Waals surface area contributed by atoms with Gasteiger partial charge in [-0.25, -0.2) is 0 Å². The highest BCUT2D eigenvalue weighted by atomic mass is 16.5. The van der Waals surface area contributed by atoms with Gasteiger partial charge in [0, 0.05) is 43.6 Å². The van der Waals surface area contributed by atoms with Crippen molar-refractivity contribution in [2.24, 2.45) is 0 Å². The molecule has 0 saturated carbocycles. The molecule has 1 aliphatic heterocycles. The van der Waals surface area contributed by atoms with E-state index < -0.39 is 0 Å². The molecule has 0 radical (unpaired) electrons. The van der Waals surface area contributed by atoms with Crippen LogP contribution in [0.25, 0.3) is 11.4 Å². The quantitative estimate of drug-likeness (QED) is 0.634. The van der Waals surface area contributed by atoms with Gasteiger partial charge < -0.3 is 14.7 Å². The van der Waals surface area contributed by atoms with E-state index in [0.717, 1.165) is 42.6 Å². The van der Waals surface area contributed by atoms with Crippen molar-refractivity contribution in [2.75, 3.05) is 13.1 Å². The predicted molar refractivity (Wildman–Crippen MR) is 116 cm³/mol. The number of aromatic nitrogens is 2. The minimum atomic E-state index is -0.105. The summed E-state index contributed by atoms with van der Waals surface area (Å²) in [5.41, 5.74) is 3.62. The third-order valence-corrected chi connectivity index (χ3v) is 5.40. The van der Waals surface area contributed by atoms with Crippen LogP contribution < -0.4 is 5.32 Å². The maximum Gasteiger partial charge on any atom is 0.253 e. The van der Waals surface area contributed by atoms with Crippen LogP contribution in [0.5, 0.6) is 0 Å². The number of carbonyl (C=O) groups is 2. The molecule has 1 fully saturated rings. The molecule has 0 unspecified atom stereocenters. The number of benzene rings is 2. The summed E-state index contributed by atoms with van der Waals surface area (Å²) in [6.07, 6.45) is 2.75. The van der Waals surface area contributed by atoms with E-state index >= 15 is 0 Å². The zero-order chi connectivity index (χ0) is 21.6. The van der Waals surface area contributed by atoms with Gasteiger partial charge in [-0.05, 0) is 37.5 Å². The van der Waals surface area contributed by atoms with Gasteiger partial charge in [-0.15, -0.1) is 0 Å². The molecule has 0 atom stereocenters. The second-order valence-corrected chi connectivity index (χ2v) is 7.85. The van der Waals surface area contributed by atoms with E-state index in [4.69, 9.17) is 4.52 Å². The number of rotatable bonds is 7. The number of nitrogens with one attached hydrogen (secondary N) is 1. The van der Waals surface area contributed by atoms with Crippen LogP contribution in [0.2, 0.25) is 0 Å². The SMILES string of the molecule is Cc1ccc(-c2noc(CCC(=O)NCc3cccc(C(=O)N4CCCC4)c3)n2)cc1. The van der Waals surface area contributed by atoms with Crippen molar-refractivity contribution in [3.63, 3.8) is 0 Å². The average Bonchev–Trinajstić information content (AvgIpc) is 3.49. The Bertz CT molecular complexity index is 1050. The summed E-state index contributed by atoms with van der Waals surface area (Å²) < 4.78 is 5.27. The van der Waals surface area contributed by atoms with Gasteiger partial charge in [0.05, 0.1) is 0 Å². The summed E-state index contributed by atoms with van der Waals surface area (Å²) in [5, 5.41) is 6.89. The smallest absolute Gasteiger partial charge is 0.253 e. The molecule has 2 heterocycles. The highest BCUT2D eigenvalue weighted by Gasteiger charge is 2.19. The molecule has 1 N–H and O–H groups in total. The van der Waals surface area contributed by atoms with Crippen LogP contribution in [0.1, 0.15) is 46.6 Å². The minimum Gasteiger partial charge on any atom is -0.352 e. The van der Waals surface area contributed by atoms with Crippen LogP contribution in [0.4, 0.5) is 0 Å². The number of hydrogen-bond acceptors (Lipinski definition) is 5. The van der Waals surface area contributed by atoms with Crippen LogP contribution in [0, 0.1) is 6.92 Å². The first-order valence-corrected chi connectivity index (χ1v) is 10.6. The molecule has 2 amide bonds. The third kappa shape index (κ3) is 5.36. The van der Waals surface area contributed by atoms with E-state index in [-0.39, 0.29) is 18.2 Å². The van der Waals surface area contributed by atoms with Gasteiger partial charge in [0.25, 0.3) is 5.91 Å². The second kappa shape index (κ2) is 9.55. The number of carbonyl (C=O) groups excluding carboxylic acids is 2. The summed E-state index contributed by atoms with van der Waals surface area (Å²) in [7, 11) is 0. The van der Waals surface area contributed by atoms with Crippen molar-refractivity contribution in [2.45, 2.75) is 39.2 Å². The normalized spacial score (nSPS) is 13.4. The zero-order valence-corrected chi connectivity index (χ0v) is 17.6. The van der Waals surface area contributed by atoms with Gasteiger partial charge in [0.1, 0.15) is 0 Å². The number of likely N-dealkylation sites (tertiary alicyclic amines) is 1. The summed E-state index contributed by atoms with van der Waals surface area (Å²) >= 11 is 0. The van der Waals surface area contributed by atoms with E-state index in [1.807, 2.05) is 60.4 Å². The number of nitrogens with zero attached hydrogens (tertiary/aromatic N) is 3. The molecule has 7 heteroatoms. The highest BCUT2D eigenvalue weighted by molar-refractivity contribution is 5.94. The Hall–Kier alpha value is -3.48. The van der Waals surface area contributed by atoms with Crippen LogP contribution in [-0.4, -0.2) is 39.9 Å². The summed E-state index contributed by atoms with van der Waals surface area (Å²) in [6, 6.07) is 15.3. The molecular weight excluding hydrogens is 392 g/mol. The Kier molecular flexibility index (Phi) is 6.40. The third-order valence-electron chi connectivity index (χ3n) is 5.40. The number of amides is 2. The van der Waals surface area contributed by atoms with E-state index in [1.54, 1.807) is 0 Å². The van der Waals surface area contributed by atoms with Gasteiger partial charge in [-0.1, -0.05) is 47.1 Å². The molecular formula is C24H26N4O3. The van der Waals surface area contributed by atoms with Crippen LogP contribution in [-0.2, 0) is 17.8 Å². The van der Waals surface area contributed by atoms with Crippen LogP contribution in [0.3, 0.4) is 0 Å². The Morgan fingerprint density at radius 2 is 1.87 bits per heavy atom. The van der Waals surface area contributed by atoms with Gasteiger partial charge in [-0.2, -0.15) is 4.98 Å². The fourth-order valence-electron chi connectivity index (χ4n) is 3.60. The van der Waals surface area contributed by atoms with E-state index in [0.29, 0.717) is 30.2 Å². The van der Waals surface area contributed by atoms with Crippen molar-refractivity contribution < 1.29 is 14.1 Å². The van der Waals surface area contributed by atoms with Gasteiger partial charge >= 0.3 is 0 Å². The molecule has 2 aromatic carbocycles. The van der Waals surface area contributed by atoms with E-state index in [2.05, 4.69) is 15.5 Å². The lowest BCUT2D eigenvalue weighted by molar-refractivity contribution is -0.121. The molecule has 0 bridgehead atoms. The Labute approximate surface area is 181 Å². The van der Waals surface area contributed by atoms with Gasteiger partial charge in [-0.3, -0.25) is 9.59 Å². The second-order valence-electron chi connectivity index (χ2n) is 7.85. The molecule has 7 nitrogen and oxygen atoms in total.